The molecule has 0 N–H and O–H groups in total. The maximum atomic E-state index is 14.2. The molecular formula is C18H16FN5O3. The molecule has 0 aliphatic carbocycles. The second-order valence-corrected chi connectivity index (χ2v) is 6.13. The van der Waals surface area contributed by atoms with Crippen molar-refractivity contribution in [3.05, 3.63) is 59.4 Å². The molecule has 27 heavy (non-hydrogen) atoms. The minimum Gasteiger partial charge on any atom is -0.424 e. The molecule has 1 aliphatic heterocycles. The van der Waals surface area contributed by atoms with Gasteiger partial charge in [-0.05, 0) is 25.1 Å². The van der Waals surface area contributed by atoms with Gasteiger partial charge in [-0.25, -0.2) is 13.9 Å². The fourth-order valence-corrected chi connectivity index (χ4v) is 2.79. The first kappa shape index (κ1) is 17.0. The number of carbonyl (C=O) groups is 1. The zero-order valence-electron chi connectivity index (χ0n) is 14.7. The summed E-state index contributed by atoms with van der Waals surface area (Å²) >= 11 is 0. The molecule has 8 nitrogen and oxygen atoms in total. The summed E-state index contributed by atoms with van der Waals surface area (Å²) in [4.78, 5) is 21.7. The van der Waals surface area contributed by atoms with Crippen LogP contribution in [0, 0.1) is 12.7 Å². The van der Waals surface area contributed by atoms with E-state index < -0.39 is 11.9 Å². The molecule has 2 aromatic heterocycles. The predicted molar refractivity (Wildman–Crippen MR) is 91.7 cm³/mol. The van der Waals surface area contributed by atoms with Crippen molar-refractivity contribution in [2.24, 2.45) is 7.05 Å². The average Bonchev–Trinajstić information content (AvgIpc) is 3.04. The molecule has 4 rings (SSSR count). The van der Waals surface area contributed by atoms with E-state index in [1.165, 1.54) is 22.1 Å². The van der Waals surface area contributed by atoms with Crippen molar-refractivity contribution >= 4 is 6.09 Å². The molecule has 9 heteroatoms. The van der Waals surface area contributed by atoms with E-state index in [1.54, 1.807) is 38.2 Å². The highest BCUT2D eigenvalue weighted by Crippen LogP contribution is 2.32. The summed E-state index contributed by atoms with van der Waals surface area (Å²) in [5, 5.41) is 3.93. The number of ether oxygens (including phenoxy) is 2. The van der Waals surface area contributed by atoms with E-state index in [0.29, 0.717) is 35.3 Å². The largest absolute Gasteiger partial charge is 0.424 e. The van der Waals surface area contributed by atoms with Crippen LogP contribution in [0.3, 0.4) is 0 Å². The molecule has 0 unspecified atom stereocenters. The van der Waals surface area contributed by atoms with Gasteiger partial charge in [0.2, 0.25) is 0 Å². The van der Waals surface area contributed by atoms with Gasteiger partial charge in [0.1, 0.15) is 23.6 Å². The van der Waals surface area contributed by atoms with Gasteiger partial charge in [0.25, 0.3) is 0 Å². The third-order valence-corrected chi connectivity index (χ3v) is 4.24. The fourth-order valence-electron chi connectivity index (χ4n) is 2.79. The fraction of sp³-hybridized carbons (Fsp3) is 0.222. The Morgan fingerprint density at radius 3 is 2.93 bits per heavy atom. The average molecular weight is 369 g/mol. The SMILES string of the molecule is Cc1nccc(CN2Cc3ccc(Oc4ncnn4C)cc3OC2=O)c1F. The highest BCUT2D eigenvalue weighted by Gasteiger charge is 2.26. The maximum Gasteiger partial charge on any atom is 0.415 e. The Balaban J connectivity index is 1.53. The molecule has 0 bridgehead atoms. The van der Waals surface area contributed by atoms with Gasteiger partial charge in [0.05, 0.1) is 18.8 Å². The van der Waals surface area contributed by atoms with Crippen molar-refractivity contribution in [1.82, 2.24) is 24.6 Å². The first-order valence-corrected chi connectivity index (χ1v) is 8.23. The molecule has 0 saturated heterocycles. The number of fused-ring (bicyclic) bond motifs is 1. The lowest BCUT2D eigenvalue weighted by Crippen LogP contribution is -2.36. The van der Waals surface area contributed by atoms with Crippen LogP contribution in [0.4, 0.5) is 9.18 Å². The van der Waals surface area contributed by atoms with E-state index >= 15 is 0 Å². The van der Waals surface area contributed by atoms with Gasteiger partial charge in [-0.2, -0.15) is 10.1 Å². The molecule has 0 fully saturated rings. The van der Waals surface area contributed by atoms with Crippen LogP contribution >= 0.6 is 0 Å². The highest BCUT2D eigenvalue weighted by molar-refractivity contribution is 5.73. The Morgan fingerprint density at radius 1 is 1.30 bits per heavy atom. The maximum absolute atomic E-state index is 14.2. The number of pyridine rings is 1. The lowest BCUT2D eigenvalue weighted by molar-refractivity contribution is 0.134. The molecule has 138 valence electrons. The van der Waals surface area contributed by atoms with Crippen molar-refractivity contribution < 1.29 is 18.7 Å². The van der Waals surface area contributed by atoms with E-state index in [9.17, 15) is 9.18 Å². The van der Waals surface area contributed by atoms with Crippen molar-refractivity contribution in [3.63, 3.8) is 0 Å². The molecule has 0 spiro atoms. The molecule has 1 aromatic carbocycles. The summed E-state index contributed by atoms with van der Waals surface area (Å²) in [5.41, 5.74) is 1.49. The Morgan fingerprint density at radius 2 is 2.15 bits per heavy atom. The van der Waals surface area contributed by atoms with Gasteiger partial charge in [-0.1, -0.05) is 0 Å². The number of hydrogen-bond donors (Lipinski definition) is 0. The second-order valence-electron chi connectivity index (χ2n) is 6.13. The summed E-state index contributed by atoms with van der Waals surface area (Å²) in [6.07, 6.45) is 2.35. The van der Waals surface area contributed by atoms with Gasteiger partial charge in [-0.15, -0.1) is 0 Å². The van der Waals surface area contributed by atoms with E-state index in [0.717, 1.165) is 5.56 Å². The van der Waals surface area contributed by atoms with Crippen LogP contribution in [0.25, 0.3) is 0 Å². The van der Waals surface area contributed by atoms with Crippen molar-refractivity contribution in [2.75, 3.05) is 0 Å². The first-order valence-electron chi connectivity index (χ1n) is 8.23. The number of aryl methyl sites for hydroxylation is 2. The number of halogens is 1. The summed E-state index contributed by atoms with van der Waals surface area (Å²) in [6.45, 7) is 1.99. The third kappa shape index (κ3) is 3.31. The zero-order chi connectivity index (χ0) is 19.0. The van der Waals surface area contributed by atoms with Gasteiger partial charge in [0, 0.05) is 30.4 Å². The van der Waals surface area contributed by atoms with Crippen molar-refractivity contribution in [3.8, 4) is 17.5 Å². The number of benzene rings is 1. The molecular weight excluding hydrogens is 353 g/mol. The van der Waals surface area contributed by atoms with Crippen LogP contribution < -0.4 is 9.47 Å². The second kappa shape index (κ2) is 6.67. The monoisotopic (exact) mass is 369 g/mol. The Kier molecular flexibility index (Phi) is 4.19. The van der Waals surface area contributed by atoms with E-state index in [1.807, 2.05) is 0 Å². The number of aromatic nitrogens is 4. The van der Waals surface area contributed by atoms with Crippen LogP contribution in [-0.2, 0) is 20.1 Å². The Hall–Kier alpha value is -3.49. The van der Waals surface area contributed by atoms with Gasteiger partial charge in [0.15, 0.2) is 0 Å². The predicted octanol–water partition coefficient (Wildman–Crippen LogP) is 2.96. The molecule has 0 atom stereocenters. The van der Waals surface area contributed by atoms with Crippen LogP contribution in [0.15, 0.2) is 36.8 Å². The Bertz CT molecular complexity index is 1020. The molecule has 0 radical (unpaired) electrons. The summed E-state index contributed by atoms with van der Waals surface area (Å²) < 4.78 is 26.7. The summed E-state index contributed by atoms with van der Waals surface area (Å²) in [7, 11) is 1.71. The Labute approximate surface area is 154 Å². The first-order chi connectivity index (χ1) is 13.0. The third-order valence-electron chi connectivity index (χ3n) is 4.24. The molecule has 1 amide bonds. The van der Waals surface area contributed by atoms with Crippen LogP contribution in [0.5, 0.6) is 17.5 Å². The van der Waals surface area contributed by atoms with Gasteiger partial charge >= 0.3 is 12.1 Å². The van der Waals surface area contributed by atoms with Crippen molar-refractivity contribution in [1.29, 1.82) is 0 Å². The molecule has 0 saturated carbocycles. The smallest absolute Gasteiger partial charge is 0.415 e. The topological polar surface area (TPSA) is 82.4 Å². The minimum atomic E-state index is -0.549. The quantitative estimate of drug-likeness (QED) is 0.703. The van der Waals surface area contributed by atoms with E-state index in [2.05, 4.69) is 15.1 Å². The van der Waals surface area contributed by atoms with Gasteiger partial charge in [-0.3, -0.25) is 9.88 Å². The normalized spacial score (nSPS) is 13.3. The molecule has 1 aliphatic rings. The van der Waals surface area contributed by atoms with Crippen LogP contribution in [0.1, 0.15) is 16.8 Å². The summed E-state index contributed by atoms with van der Waals surface area (Å²) in [5.74, 6) is 0.465. The lowest BCUT2D eigenvalue weighted by atomic mass is 10.1. The number of hydrogen-bond acceptors (Lipinski definition) is 6. The number of carbonyl (C=O) groups excluding carboxylic acids is 1. The minimum absolute atomic E-state index is 0.102. The van der Waals surface area contributed by atoms with E-state index in [-0.39, 0.29) is 6.54 Å². The standard InChI is InChI=1S/C18H16FN5O3/c1-11-16(19)13(5-6-20-11)9-24-8-12-3-4-14(7-15(12)27-18(24)25)26-17-21-10-22-23(17)2/h3-7,10H,8-9H2,1-2H3. The lowest BCUT2D eigenvalue weighted by Gasteiger charge is -2.28. The zero-order valence-corrected chi connectivity index (χ0v) is 14.7. The number of amides is 1. The van der Waals surface area contributed by atoms with Crippen LogP contribution in [0.2, 0.25) is 0 Å². The number of rotatable bonds is 4. The van der Waals surface area contributed by atoms with Crippen molar-refractivity contribution in [2.45, 2.75) is 20.0 Å². The summed E-state index contributed by atoms with van der Waals surface area (Å²) in [6, 6.07) is 7.05. The molecule has 3 heterocycles. The molecule has 3 aromatic rings. The van der Waals surface area contributed by atoms with Crippen LogP contribution in [-0.4, -0.2) is 30.7 Å². The number of nitrogens with zero attached hydrogens (tertiary/aromatic N) is 5. The van der Waals surface area contributed by atoms with Gasteiger partial charge < -0.3 is 9.47 Å². The highest BCUT2D eigenvalue weighted by atomic mass is 19.1. The van der Waals surface area contributed by atoms with E-state index in [4.69, 9.17) is 9.47 Å².